The molecule has 0 atom stereocenters. The summed E-state index contributed by atoms with van der Waals surface area (Å²) in [6, 6.07) is 26.2. The van der Waals surface area contributed by atoms with Crippen LogP contribution in [0.25, 0.3) is 10.8 Å². The van der Waals surface area contributed by atoms with Crippen molar-refractivity contribution in [2.75, 3.05) is 0 Å². The molecule has 0 saturated carbocycles. The Morgan fingerprint density at radius 3 is 2.18 bits per heavy atom. The molecule has 3 rings (SSSR count). The summed E-state index contributed by atoms with van der Waals surface area (Å²) in [6.07, 6.45) is 0. The van der Waals surface area contributed by atoms with Crippen LogP contribution in [0.2, 0.25) is 0 Å². The van der Waals surface area contributed by atoms with E-state index in [0.29, 0.717) is 0 Å². The van der Waals surface area contributed by atoms with Crippen molar-refractivity contribution in [3.05, 3.63) is 72.8 Å². The van der Waals surface area contributed by atoms with Crippen LogP contribution in [0.5, 0.6) is 0 Å². The van der Waals surface area contributed by atoms with E-state index < -0.39 is 0 Å². The fourth-order valence-corrected chi connectivity index (χ4v) is 3.98. The summed E-state index contributed by atoms with van der Waals surface area (Å²) in [5.74, 6) is 0. The van der Waals surface area contributed by atoms with Gasteiger partial charge in [0.15, 0.2) is 0 Å². The molecule has 0 radical (unpaired) electrons. The van der Waals surface area contributed by atoms with Crippen molar-refractivity contribution >= 4 is 38.5 Å². The number of hydrogen-bond acceptors (Lipinski definition) is 0. The normalized spacial score (nSPS) is 10.1. The quantitative estimate of drug-likeness (QED) is 0.591. The fraction of sp³-hybridized carbons (Fsp3) is 0. The maximum atomic E-state index is 2.28. The van der Waals surface area contributed by atoms with Crippen LogP contribution in [0, 0.1) is 0 Å². The van der Waals surface area contributed by atoms with E-state index in [9.17, 15) is 0 Å². The lowest BCUT2D eigenvalue weighted by atomic mass is 10.1. The third kappa shape index (κ3) is 2.35. The Morgan fingerprint density at radius 2 is 1.29 bits per heavy atom. The monoisotopic (exact) mass is 228 g/mol. The van der Waals surface area contributed by atoms with Crippen LogP contribution < -0.4 is 7.39 Å². The van der Waals surface area contributed by atoms with Gasteiger partial charge in [0.05, 0.1) is 0 Å². The van der Waals surface area contributed by atoms with E-state index in [1.165, 1.54) is 18.2 Å². The highest BCUT2D eigenvalue weighted by Crippen LogP contribution is 2.09. The van der Waals surface area contributed by atoms with Crippen molar-refractivity contribution in [3.63, 3.8) is 0 Å². The predicted octanol–water partition coefficient (Wildman–Crippen LogP) is 2.49. The van der Waals surface area contributed by atoms with Crippen molar-refractivity contribution in [1.82, 2.24) is 0 Å². The molecule has 0 aliphatic rings. The molecule has 0 spiro atoms. The maximum Gasteiger partial charge on any atom is 0.451 e. The summed E-state index contributed by atoms with van der Waals surface area (Å²) in [7, 11) is 0. The molecule has 0 fully saturated rings. The SMILES string of the molecule is c1cc[c]([Mg][c]2cccc3ccccc23)cc1. The van der Waals surface area contributed by atoms with Gasteiger partial charge in [-0.25, -0.2) is 0 Å². The molecule has 0 aliphatic carbocycles. The Labute approximate surface area is 111 Å². The van der Waals surface area contributed by atoms with E-state index >= 15 is 0 Å². The highest BCUT2D eigenvalue weighted by Gasteiger charge is 2.05. The van der Waals surface area contributed by atoms with Crippen molar-refractivity contribution < 1.29 is 0 Å². The Kier molecular flexibility index (Phi) is 3.12. The molecule has 3 aromatic rings. The van der Waals surface area contributed by atoms with Gasteiger partial charge in [-0.2, -0.15) is 7.39 Å². The lowest BCUT2D eigenvalue weighted by molar-refractivity contribution is 1.76. The highest BCUT2D eigenvalue weighted by atomic mass is 24.5. The van der Waals surface area contributed by atoms with Crippen LogP contribution in [0.1, 0.15) is 0 Å². The van der Waals surface area contributed by atoms with E-state index in [1.54, 1.807) is 0 Å². The molecular formula is C16H12Mg. The molecule has 17 heavy (non-hydrogen) atoms. The lowest BCUT2D eigenvalue weighted by Crippen LogP contribution is -2.27. The summed E-state index contributed by atoms with van der Waals surface area (Å²) in [5, 5.41) is 2.78. The first-order valence-electron chi connectivity index (χ1n) is 5.94. The topological polar surface area (TPSA) is 0 Å². The first kappa shape index (κ1) is 10.8. The standard InChI is InChI=1S/C10H7.C6H5.Mg/c1-2-6-10-8-4-3-7-9(10)5-1;1-2-4-6-5-3-1;/h1-7H;1-5H;. The van der Waals surface area contributed by atoms with Crippen LogP contribution in [0.15, 0.2) is 72.8 Å². The molecule has 0 bridgehead atoms. The molecule has 0 aliphatic heterocycles. The second-order valence-electron chi connectivity index (χ2n) is 4.30. The van der Waals surface area contributed by atoms with E-state index in [2.05, 4.69) is 72.8 Å². The molecular weight excluding hydrogens is 216 g/mol. The zero-order valence-corrected chi connectivity index (χ0v) is 11.0. The summed E-state index contributed by atoms with van der Waals surface area (Å²) in [6.45, 7) is 0. The van der Waals surface area contributed by atoms with Gasteiger partial charge in [0.25, 0.3) is 0 Å². The number of rotatable bonds is 2. The van der Waals surface area contributed by atoms with Gasteiger partial charge in [-0.15, -0.1) is 0 Å². The Bertz CT molecular complexity index is 624. The van der Waals surface area contributed by atoms with E-state index in [1.807, 2.05) is 0 Å². The molecule has 0 heterocycles. The highest BCUT2D eigenvalue weighted by molar-refractivity contribution is 6.69. The largest absolute Gasteiger partial charge is 0.451 e. The molecule has 78 valence electrons. The molecule has 0 aromatic heterocycles. The van der Waals surface area contributed by atoms with Gasteiger partial charge in [0, 0.05) is 0 Å². The first-order chi connectivity index (χ1) is 8.43. The van der Waals surface area contributed by atoms with Gasteiger partial charge >= 0.3 is 20.4 Å². The van der Waals surface area contributed by atoms with Gasteiger partial charge in [-0.1, -0.05) is 72.8 Å². The second-order valence-corrected chi connectivity index (χ2v) is 6.23. The van der Waals surface area contributed by atoms with Crippen LogP contribution in [-0.4, -0.2) is 20.4 Å². The minimum atomic E-state index is -0.356. The smallest absolute Gasteiger partial charge is 0.165 e. The van der Waals surface area contributed by atoms with E-state index in [4.69, 9.17) is 0 Å². The average Bonchev–Trinajstić information content (AvgIpc) is 2.40. The minimum absolute atomic E-state index is 0.356. The second kappa shape index (κ2) is 4.90. The van der Waals surface area contributed by atoms with Gasteiger partial charge in [-0.3, -0.25) is 0 Å². The number of hydrogen-bond donors (Lipinski definition) is 0. The van der Waals surface area contributed by atoms with E-state index in [0.717, 1.165) is 0 Å². The Balaban J connectivity index is 2.06. The van der Waals surface area contributed by atoms with E-state index in [-0.39, 0.29) is 20.4 Å². The van der Waals surface area contributed by atoms with Crippen molar-refractivity contribution in [3.8, 4) is 0 Å². The summed E-state index contributed by atoms with van der Waals surface area (Å²) >= 11 is -0.356. The Morgan fingerprint density at radius 1 is 0.588 bits per heavy atom. The van der Waals surface area contributed by atoms with Crippen molar-refractivity contribution in [1.29, 1.82) is 0 Å². The maximum absolute atomic E-state index is 2.28. The van der Waals surface area contributed by atoms with Crippen LogP contribution >= 0.6 is 0 Å². The first-order valence-corrected chi connectivity index (χ1v) is 7.35. The zero-order valence-electron chi connectivity index (χ0n) is 9.64. The molecule has 0 amide bonds. The summed E-state index contributed by atoms with van der Waals surface area (Å²) in [4.78, 5) is 0. The third-order valence-corrected chi connectivity index (χ3v) is 4.99. The van der Waals surface area contributed by atoms with Crippen molar-refractivity contribution in [2.45, 2.75) is 0 Å². The van der Waals surface area contributed by atoms with Gasteiger partial charge < -0.3 is 0 Å². The molecule has 3 aromatic carbocycles. The molecule has 0 nitrogen and oxygen atoms in total. The van der Waals surface area contributed by atoms with Crippen LogP contribution in [0.3, 0.4) is 0 Å². The average molecular weight is 229 g/mol. The molecule has 0 unspecified atom stereocenters. The third-order valence-electron chi connectivity index (χ3n) is 3.12. The van der Waals surface area contributed by atoms with Gasteiger partial charge in [0.1, 0.15) is 0 Å². The molecule has 1 heteroatoms. The number of fused-ring (bicyclic) bond motifs is 1. The Hall–Kier alpha value is -1.31. The zero-order chi connectivity index (χ0) is 11.5. The minimum Gasteiger partial charge on any atom is -0.165 e. The van der Waals surface area contributed by atoms with Gasteiger partial charge in [0.2, 0.25) is 0 Å². The summed E-state index contributed by atoms with van der Waals surface area (Å²) < 4.78 is 3.04. The fourth-order valence-electron chi connectivity index (χ4n) is 2.26. The predicted molar refractivity (Wildman–Crippen MR) is 75.4 cm³/mol. The van der Waals surface area contributed by atoms with Gasteiger partial charge in [-0.05, 0) is 10.8 Å². The van der Waals surface area contributed by atoms with Crippen molar-refractivity contribution in [2.24, 2.45) is 0 Å². The van der Waals surface area contributed by atoms with Crippen LogP contribution in [-0.2, 0) is 0 Å². The lowest BCUT2D eigenvalue weighted by Gasteiger charge is -2.05. The van der Waals surface area contributed by atoms with Crippen LogP contribution in [0.4, 0.5) is 0 Å². The number of benzene rings is 3. The summed E-state index contributed by atoms with van der Waals surface area (Å²) in [5.41, 5.74) is 0. The molecule has 0 N–H and O–H groups in total. The molecule has 0 saturated heterocycles.